The molecular formula is C13H22N2O. The molecule has 1 fully saturated rings. The smallest absolute Gasteiger partial charge is 0.157 e. The molecule has 3 heteroatoms. The summed E-state index contributed by atoms with van der Waals surface area (Å²) >= 11 is 0. The molecule has 0 amide bonds. The molecule has 2 aliphatic rings. The van der Waals surface area contributed by atoms with Gasteiger partial charge in [-0.2, -0.15) is 0 Å². The Morgan fingerprint density at radius 3 is 2.62 bits per heavy atom. The fourth-order valence-corrected chi connectivity index (χ4v) is 2.63. The first-order chi connectivity index (χ1) is 7.65. The van der Waals surface area contributed by atoms with Gasteiger partial charge in [0.1, 0.15) is 0 Å². The van der Waals surface area contributed by atoms with Gasteiger partial charge in [-0.15, -0.1) is 0 Å². The second-order valence-electron chi connectivity index (χ2n) is 5.23. The Morgan fingerprint density at radius 1 is 1.38 bits per heavy atom. The molecule has 0 aromatic carbocycles. The van der Waals surface area contributed by atoms with E-state index in [0.29, 0.717) is 12.2 Å². The molecule has 1 aliphatic carbocycles. The average Bonchev–Trinajstić information content (AvgIpc) is 2.68. The van der Waals surface area contributed by atoms with Gasteiger partial charge in [0.25, 0.3) is 0 Å². The Kier molecular flexibility index (Phi) is 3.64. The Morgan fingerprint density at radius 2 is 2.06 bits per heavy atom. The summed E-state index contributed by atoms with van der Waals surface area (Å²) in [5.74, 6) is 1.10. The highest BCUT2D eigenvalue weighted by atomic mass is 16.1. The highest BCUT2D eigenvalue weighted by molar-refractivity contribution is 5.92. The van der Waals surface area contributed by atoms with Crippen LogP contribution in [0.5, 0.6) is 0 Å². The molecule has 0 unspecified atom stereocenters. The maximum absolute atomic E-state index is 11.2. The van der Waals surface area contributed by atoms with E-state index < -0.39 is 0 Å². The van der Waals surface area contributed by atoms with Crippen molar-refractivity contribution in [3.63, 3.8) is 0 Å². The van der Waals surface area contributed by atoms with Crippen LogP contribution in [0.25, 0.3) is 0 Å². The van der Waals surface area contributed by atoms with Gasteiger partial charge in [-0.05, 0) is 45.3 Å². The first-order valence-corrected chi connectivity index (χ1v) is 6.28. The summed E-state index contributed by atoms with van der Waals surface area (Å²) in [5.41, 5.74) is 1.24. The Hall–Kier alpha value is -0.830. The van der Waals surface area contributed by atoms with E-state index in [9.17, 15) is 4.79 Å². The van der Waals surface area contributed by atoms with Crippen LogP contribution in [0, 0.1) is 5.92 Å². The molecular weight excluding hydrogens is 200 g/mol. The zero-order valence-electron chi connectivity index (χ0n) is 10.4. The van der Waals surface area contributed by atoms with Crippen LogP contribution < -0.4 is 0 Å². The molecule has 1 heterocycles. The summed E-state index contributed by atoms with van der Waals surface area (Å²) in [7, 11) is 4.32. The van der Waals surface area contributed by atoms with Gasteiger partial charge in [-0.25, -0.2) is 0 Å². The molecule has 0 saturated carbocycles. The zero-order chi connectivity index (χ0) is 11.5. The van der Waals surface area contributed by atoms with Crippen molar-refractivity contribution in [1.82, 2.24) is 9.80 Å². The number of rotatable bonds is 3. The Labute approximate surface area is 98.1 Å². The van der Waals surface area contributed by atoms with Gasteiger partial charge >= 0.3 is 0 Å². The van der Waals surface area contributed by atoms with Crippen LogP contribution >= 0.6 is 0 Å². The monoisotopic (exact) mass is 222 g/mol. The summed E-state index contributed by atoms with van der Waals surface area (Å²) in [4.78, 5) is 15.9. The normalized spacial score (nSPS) is 23.6. The van der Waals surface area contributed by atoms with Crippen LogP contribution in [0.2, 0.25) is 0 Å². The molecule has 16 heavy (non-hydrogen) atoms. The van der Waals surface area contributed by atoms with Gasteiger partial charge in [0, 0.05) is 31.8 Å². The highest BCUT2D eigenvalue weighted by Crippen LogP contribution is 2.22. The number of ketones is 1. The van der Waals surface area contributed by atoms with Crippen LogP contribution in [-0.2, 0) is 4.79 Å². The lowest BCUT2D eigenvalue weighted by molar-refractivity contribution is -0.114. The second kappa shape index (κ2) is 5.00. The molecule has 0 radical (unpaired) electrons. The Bertz CT molecular complexity index is 290. The standard InChI is InChI=1S/C13H22N2O/c1-14-7-5-11(6-8-14)10-15(2)12-3-4-13(16)9-12/h9,11H,3-8,10H2,1-2H3. The van der Waals surface area contributed by atoms with Gasteiger partial charge in [0.2, 0.25) is 0 Å². The maximum atomic E-state index is 11.2. The molecule has 0 spiro atoms. The Balaban J connectivity index is 1.81. The number of carbonyl (C=O) groups excluding carboxylic acids is 1. The molecule has 0 aromatic heterocycles. The number of carbonyl (C=O) groups is 1. The van der Waals surface area contributed by atoms with Gasteiger partial charge in [0.15, 0.2) is 5.78 Å². The molecule has 1 aliphatic heterocycles. The van der Waals surface area contributed by atoms with Crippen LogP contribution in [-0.4, -0.2) is 49.3 Å². The van der Waals surface area contributed by atoms with Crippen molar-refractivity contribution in [3.05, 3.63) is 11.8 Å². The quantitative estimate of drug-likeness (QED) is 0.723. The molecule has 0 N–H and O–H groups in total. The minimum Gasteiger partial charge on any atom is -0.377 e. The van der Waals surface area contributed by atoms with E-state index >= 15 is 0 Å². The number of hydrogen-bond donors (Lipinski definition) is 0. The lowest BCUT2D eigenvalue weighted by atomic mass is 9.96. The van der Waals surface area contributed by atoms with Gasteiger partial charge in [-0.3, -0.25) is 4.79 Å². The van der Waals surface area contributed by atoms with Crippen molar-refractivity contribution in [1.29, 1.82) is 0 Å². The number of likely N-dealkylation sites (tertiary alicyclic amines) is 1. The van der Waals surface area contributed by atoms with Gasteiger partial charge in [0.05, 0.1) is 0 Å². The molecule has 1 saturated heterocycles. The molecule has 3 nitrogen and oxygen atoms in total. The number of nitrogens with zero attached hydrogens (tertiary/aromatic N) is 2. The van der Waals surface area contributed by atoms with E-state index in [0.717, 1.165) is 18.9 Å². The fourth-order valence-electron chi connectivity index (χ4n) is 2.63. The predicted molar refractivity (Wildman–Crippen MR) is 65.2 cm³/mol. The van der Waals surface area contributed by atoms with Crippen LogP contribution in [0.15, 0.2) is 11.8 Å². The van der Waals surface area contributed by atoms with Crippen molar-refractivity contribution in [2.45, 2.75) is 25.7 Å². The van der Waals surface area contributed by atoms with Crippen LogP contribution in [0.3, 0.4) is 0 Å². The van der Waals surface area contributed by atoms with E-state index in [4.69, 9.17) is 0 Å². The van der Waals surface area contributed by atoms with E-state index in [2.05, 4.69) is 23.9 Å². The molecule has 0 atom stereocenters. The van der Waals surface area contributed by atoms with Crippen LogP contribution in [0.1, 0.15) is 25.7 Å². The van der Waals surface area contributed by atoms with Crippen molar-refractivity contribution < 1.29 is 4.79 Å². The van der Waals surface area contributed by atoms with E-state index in [1.807, 2.05) is 6.08 Å². The van der Waals surface area contributed by atoms with Crippen LogP contribution in [0.4, 0.5) is 0 Å². The first kappa shape index (κ1) is 11.6. The third-order valence-electron chi connectivity index (χ3n) is 3.82. The SMILES string of the molecule is CN1CCC(CN(C)C2=CC(=O)CC2)CC1. The molecule has 2 rings (SSSR count). The summed E-state index contributed by atoms with van der Waals surface area (Å²) in [6.45, 7) is 3.56. The summed E-state index contributed by atoms with van der Waals surface area (Å²) in [6, 6.07) is 0. The number of hydrogen-bond acceptors (Lipinski definition) is 3. The lowest BCUT2D eigenvalue weighted by Crippen LogP contribution is -2.35. The maximum Gasteiger partial charge on any atom is 0.157 e. The predicted octanol–water partition coefficient (Wildman–Crippen LogP) is 1.51. The second-order valence-corrected chi connectivity index (χ2v) is 5.23. The molecule has 0 aromatic rings. The van der Waals surface area contributed by atoms with Gasteiger partial charge < -0.3 is 9.80 Å². The van der Waals surface area contributed by atoms with Crippen molar-refractivity contribution in [2.24, 2.45) is 5.92 Å². The number of allylic oxidation sites excluding steroid dienone is 2. The van der Waals surface area contributed by atoms with Crippen molar-refractivity contribution in [3.8, 4) is 0 Å². The van der Waals surface area contributed by atoms with E-state index in [1.165, 1.54) is 31.6 Å². The number of piperidine rings is 1. The van der Waals surface area contributed by atoms with Crippen molar-refractivity contribution in [2.75, 3.05) is 33.7 Å². The lowest BCUT2D eigenvalue weighted by Gasteiger charge is -2.32. The van der Waals surface area contributed by atoms with E-state index in [-0.39, 0.29) is 0 Å². The largest absolute Gasteiger partial charge is 0.377 e. The summed E-state index contributed by atoms with van der Waals surface area (Å²) in [5, 5.41) is 0. The van der Waals surface area contributed by atoms with E-state index in [1.54, 1.807) is 0 Å². The minimum absolute atomic E-state index is 0.297. The molecule has 0 bridgehead atoms. The van der Waals surface area contributed by atoms with Crippen molar-refractivity contribution >= 4 is 5.78 Å². The third kappa shape index (κ3) is 2.85. The summed E-state index contributed by atoms with van der Waals surface area (Å²) in [6.07, 6.45) is 6.08. The fraction of sp³-hybridized carbons (Fsp3) is 0.769. The summed E-state index contributed by atoms with van der Waals surface area (Å²) < 4.78 is 0. The zero-order valence-corrected chi connectivity index (χ0v) is 10.4. The average molecular weight is 222 g/mol. The van der Waals surface area contributed by atoms with Gasteiger partial charge in [-0.1, -0.05) is 0 Å². The molecule has 90 valence electrons. The highest BCUT2D eigenvalue weighted by Gasteiger charge is 2.21. The minimum atomic E-state index is 0.297. The third-order valence-corrected chi connectivity index (χ3v) is 3.82. The topological polar surface area (TPSA) is 23.6 Å². The first-order valence-electron chi connectivity index (χ1n) is 6.28.